The van der Waals surface area contributed by atoms with E-state index in [1.807, 2.05) is 0 Å². The molecule has 2 aliphatic heterocycles. The standard InChI is InChI=1S/2C6H13NO3.2Pb/c2*8-4-1-7(2-5-9)3-6-10;;/h2*8H,1-6H2;;/q2*-2;2*+2. The quantitative estimate of drug-likeness (QED) is 0.317. The first-order chi connectivity index (χ1) is 10.9. The number of hydrogen-bond donors (Lipinski definition) is 2. The zero-order valence-corrected chi connectivity index (χ0v) is 20.7. The second-order valence-electron chi connectivity index (χ2n) is 4.69. The summed E-state index contributed by atoms with van der Waals surface area (Å²) in [5.41, 5.74) is 0. The predicted molar refractivity (Wildman–Crippen MR) is 82.4 cm³/mol. The molecular formula is C12H26N2O6Pb2. The Balaban J connectivity index is 0.000000220. The number of aliphatic hydroxyl groups excluding tert-OH is 2. The molecule has 128 valence electrons. The van der Waals surface area contributed by atoms with Crippen molar-refractivity contribution in [3.8, 4) is 0 Å². The molecule has 0 aromatic carbocycles. The fraction of sp³-hybridized carbons (Fsp3) is 1.00. The van der Waals surface area contributed by atoms with Gasteiger partial charge in [-0.25, -0.2) is 0 Å². The first-order valence-electron chi connectivity index (χ1n) is 7.50. The van der Waals surface area contributed by atoms with Crippen molar-refractivity contribution in [2.45, 2.75) is 0 Å². The summed E-state index contributed by atoms with van der Waals surface area (Å²) in [7, 11) is 0. The van der Waals surface area contributed by atoms with Gasteiger partial charge >= 0.3 is 160 Å². The molecule has 2 aliphatic rings. The third kappa shape index (κ3) is 12.0. The Morgan fingerprint density at radius 2 is 0.955 bits per heavy atom. The first kappa shape index (κ1) is 21.6. The monoisotopic (exact) mass is 710 g/mol. The molecule has 4 radical (unpaired) electrons. The van der Waals surface area contributed by atoms with Gasteiger partial charge in [-0.3, -0.25) is 0 Å². The predicted octanol–water partition coefficient (Wildman–Crippen LogP) is -2.28. The van der Waals surface area contributed by atoms with E-state index in [9.17, 15) is 0 Å². The molecule has 8 nitrogen and oxygen atoms in total. The van der Waals surface area contributed by atoms with Gasteiger partial charge in [0.25, 0.3) is 0 Å². The van der Waals surface area contributed by atoms with Gasteiger partial charge in [-0.05, 0) is 0 Å². The Labute approximate surface area is 159 Å². The second kappa shape index (κ2) is 16.0. The van der Waals surface area contributed by atoms with E-state index in [1.165, 1.54) is 0 Å². The summed E-state index contributed by atoms with van der Waals surface area (Å²) in [6.07, 6.45) is 0. The molecule has 10 heteroatoms. The van der Waals surface area contributed by atoms with Crippen molar-refractivity contribution < 1.29 is 21.0 Å². The van der Waals surface area contributed by atoms with E-state index >= 15 is 0 Å². The van der Waals surface area contributed by atoms with Crippen molar-refractivity contribution in [1.82, 2.24) is 9.80 Å². The van der Waals surface area contributed by atoms with E-state index in [-0.39, 0.29) is 13.2 Å². The molecule has 0 aromatic rings. The molecule has 2 saturated heterocycles. The van der Waals surface area contributed by atoms with Gasteiger partial charge in [0.05, 0.1) is 0 Å². The van der Waals surface area contributed by atoms with E-state index in [2.05, 4.69) is 9.80 Å². The molecule has 0 bridgehead atoms. The van der Waals surface area contributed by atoms with Crippen LogP contribution in [0.25, 0.3) is 0 Å². The third-order valence-corrected chi connectivity index (χ3v) is 8.11. The maximum absolute atomic E-state index is 8.67. The summed E-state index contributed by atoms with van der Waals surface area (Å²) in [6.45, 7) is 8.81. The van der Waals surface area contributed by atoms with Crippen LogP contribution >= 0.6 is 0 Å². The molecule has 0 saturated carbocycles. The zero-order valence-electron chi connectivity index (χ0n) is 12.9. The van der Waals surface area contributed by atoms with E-state index in [1.54, 1.807) is 0 Å². The molecule has 0 amide bonds. The van der Waals surface area contributed by atoms with Crippen molar-refractivity contribution >= 4 is 50.3 Å². The summed E-state index contributed by atoms with van der Waals surface area (Å²) in [6, 6.07) is 0. The molecular weight excluding hydrogens is 683 g/mol. The van der Waals surface area contributed by atoms with E-state index in [4.69, 9.17) is 21.0 Å². The van der Waals surface area contributed by atoms with Crippen LogP contribution in [0.5, 0.6) is 0 Å². The summed E-state index contributed by atoms with van der Waals surface area (Å²) in [5.74, 6) is 0. The van der Waals surface area contributed by atoms with Crippen molar-refractivity contribution in [2.24, 2.45) is 0 Å². The Hall–Kier alpha value is 1.52. The van der Waals surface area contributed by atoms with Crippen LogP contribution in [0.15, 0.2) is 0 Å². The van der Waals surface area contributed by atoms with Gasteiger partial charge in [-0.1, -0.05) is 0 Å². The molecule has 2 fully saturated rings. The van der Waals surface area contributed by atoms with Crippen molar-refractivity contribution in [3.05, 3.63) is 0 Å². The van der Waals surface area contributed by atoms with Crippen LogP contribution in [0.3, 0.4) is 0 Å². The fourth-order valence-corrected chi connectivity index (χ4v) is 5.27. The Morgan fingerprint density at radius 3 is 1.23 bits per heavy atom. The van der Waals surface area contributed by atoms with E-state index in [0.29, 0.717) is 0 Å². The average molecular weight is 709 g/mol. The van der Waals surface area contributed by atoms with Gasteiger partial charge < -0.3 is 0 Å². The SMILES string of the molecule is OCCN1CC[O][Pb][O]CC1.OCCN1CC[O][Pb][O]CC1. The first-order valence-corrected chi connectivity index (χ1v) is 13.8. The topological polar surface area (TPSA) is 83.9 Å². The van der Waals surface area contributed by atoms with Gasteiger partial charge in [-0.2, -0.15) is 0 Å². The summed E-state index contributed by atoms with van der Waals surface area (Å²) in [5, 5.41) is 17.3. The average Bonchev–Trinajstić information content (AvgIpc) is 2.45. The minimum absolute atomic E-state index is 0.224. The normalized spacial score (nSPS) is 22.6. The number of nitrogens with zero attached hydrogens (tertiary/aromatic N) is 2. The molecule has 22 heavy (non-hydrogen) atoms. The van der Waals surface area contributed by atoms with Crippen molar-refractivity contribution in [1.29, 1.82) is 0 Å². The van der Waals surface area contributed by atoms with E-state index < -0.39 is 50.3 Å². The van der Waals surface area contributed by atoms with Crippen LogP contribution in [-0.2, 0) is 10.7 Å². The van der Waals surface area contributed by atoms with Gasteiger partial charge in [0.1, 0.15) is 0 Å². The minimum atomic E-state index is -1.11. The van der Waals surface area contributed by atoms with Crippen LogP contribution in [0, 0.1) is 0 Å². The molecule has 0 atom stereocenters. The van der Waals surface area contributed by atoms with Gasteiger partial charge in [0, 0.05) is 0 Å². The summed E-state index contributed by atoms with van der Waals surface area (Å²) >= 11 is -2.22. The van der Waals surface area contributed by atoms with Crippen LogP contribution < -0.4 is 0 Å². The molecule has 0 aromatic heterocycles. The maximum atomic E-state index is 8.67. The van der Waals surface area contributed by atoms with Crippen LogP contribution in [0.4, 0.5) is 0 Å². The molecule has 0 spiro atoms. The summed E-state index contributed by atoms with van der Waals surface area (Å²) in [4.78, 5) is 4.31. The molecule has 0 unspecified atom stereocenters. The van der Waals surface area contributed by atoms with Gasteiger partial charge in [0.15, 0.2) is 0 Å². The van der Waals surface area contributed by atoms with Crippen LogP contribution in [0.1, 0.15) is 0 Å². The molecule has 0 aliphatic carbocycles. The van der Waals surface area contributed by atoms with Crippen LogP contribution in [-0.4, -0.2) is 149 Å². The van der Waals surface area contributed by atoms with Gasteiger partial charge in [0.2, 0.25) is 0 Å². The molecule has 2 N–H and O–H groups in total. The number of hydrogen-bond acceptors (Lipinski definition) is 8. The zero-order chi connectivity index (χ0) is 15.9. The fourth-order valence-electron chi connectivity index (χ4n) is 1.90. The number of rotatable bonds is 4. The van der Waals surface area contributed by atoms with Crippen LogP contribution in [0.2, 0.25) is 0 Å². The summed E-state index contributed by atoms with van der Waals surface area (Å²) < 4.78 is 21.2. The Kier molecular flexibility index (Phi) is 15.7. The molecule has 2 heterocycles. The van der Waals surface area contributed by atoms with E-state index in [0.717, 1.165) is 65.7 Å². The number of aliphatic hydroxyl groups is 2. The number of β-amino-alcohol motifs (C(OH)–C–C–N with tert-alkyl or cyclic N) is 2. The second-order valence-corrected chi connectivity index (χ2v) is 10.5. The third-order valence-electron chi connectivity index (χ3n) is 3.11. The van der Waals surface area contributed by atoms with Gasteiger partial charge in [-0.15, -0.1) is 0 Å². The van der Waals surface area contributed by atoms with Crippen molar-refractivity contribution in [3.63, 3.8) is 0 Å². The Morgan fingerprint density at radius 1 is 0.636 bits per heavy atom. The van der Waals surface area contributed by atoms with Crippen molar-refractivity contribution in [2.75, 3.05) is 78.9 Å². The Bertz CT molecular complexity index is 216. The molecule has 2 rings (SSSR count).